The van der Waals surface area contributed by atoms with Gasteiger partial charge in [0.25, 0.3) is 5.91 Å². The Kier molecular flexibility index (Phi) is 7.60. The van der Waals surface area contributed by atoms with Gasteiger partial charge in [0.15, 0.2) is 0 Å². The number of rotatable bonds is 7. The lowest BCUT2D eigenvalue weighted by Gasteiger charge is -2.32. The monoisotopic (exact) mass is 526 g/mol. The van der Waals surface area contributed by atoms with E-state index >= 15 is 0 Å². The van der Waals surface area contributed by atoms with Crippen molar-refractivity contribution in [3.63, 3.8) is 0 Å². The Morgan fingerprint density at radius 1 is 1.17 bits per heavy atom. The van der Waals surface area contributed by atoms with Crippen molar-refractivity contribution < 1.29 is 14.3 Å². The average molecular weight is 527 g/mol. The molecule has 5 rings (SSSR count). The molecule has 0 bridgehead atoms. The zero-order chi connectivity index (χ0) is 25.2. The fourth-order valence-corrected chi connectivity index (χ4v) is 5.31. The lowest BCUT2D eigenvalue weighted by Crippen LogP contribution is -2.37. The summed E-state index contributed by atoms with van der Waals surface area (Å²) in [5, 5.41) is 4.57. The van der Waals surface area contributed by atoms with Gasteiger partial charge < -0.3 is 24.3 Å². The minimum atomic E-state index is -0.184. The minimum absolute atomic E-state index is 0.0275. The van der Waals surface area contributed by atoms with Gasteiger partial charge in [-0.3, -0.25) is 9.69 Å². The number of hydrogen-bond donors (Lipinski definition) is 1. The van der Waals surface area contributed by atoms with Crippen molar-refractivity contribution in [1.82, 2.24) is 19.7 Å². The molecule has 9 heteroatoms. The maximum Gasteiger partial charge on any atom is 0.254 e. The maximum absolute atomic E-state index is 13.3. The first-order valence-electron chi connectivity index (χ1n) is 12.2. The van der Waals surface area contributed by atoms with Crippen LogP contribution in [0, 0.1) is 4.51 Å². The summed E-state index contributed by atoms with van der Waals surface area (Å²) in [7, 11) is 4.08. The fraction of sp³-hybridized carbons (Fsp3) is 0.407. The van der Waals surface area contributed by atoms with Gasteiger partial charge in [-0.15, -0.1) is 0 Å². The van der Waals surface area contributed by atoms with E-state index in [0.29, 0.717) is 28.2 Å². The van der Waals surface area contributed by atoms with E-state index in [9.17, 15) is 4.79 Å². The summed E-state index contributed by atoms with van der Waals surface area (Å²) in [6.45, 7) is 5.88. The molecule has 1 saturated heterocycles. The molecular formula is C27H31ClN4O3S. The summed E-state index contributed by atoms with van der Waals surface area (Å²) in [5.41, 5.74) is 3.56. The number of amides is 1. The fourth-order valence-electron chi connectivity index (χ4n) is 4.88. The van der Waals surface area contributed by atoms with Crippen molar-refractivity contribution in [3.8, 4) is 5.75 Å². The number of morpholine rings is 1. The number of benzene rings is 2. The number of carbonyl (C=O) groups is 1. The lowest BCUT2D eigenvalue weighted by atomic mass is 10.0. The lowest BCUT2D eigenvalue weighted by molar-refractivity contribution is 0.0341. The molecule has 2 aliphatic rings. The highest BCUT2D eigenvalue weighted by Gasteiger charge is 2.25. The second-order valence-electron chi connectivity index (χ2n) is 9.71. The van der Waals surface area contributed by atoms with Crippen LogP contribution in [-0.2, 0) is 24.4 Å². The van der Waals surface area contributed by atoms with Gasteiger partial charge in [-0.2, -0.15) is 0 Å². The molecule has 2 aliphatic heterocycles. The van der Waals surface area contributed by atoms with E-state index in [2.05, 4.69) is 31.8 Å². The Hall–Kier alpha value is -2.49. The summed E-state index contributed by atoms with van der Waals surface area (Å²) in [4.78, 5) is 17.8. The molecule has 190 valence electrons. The molecule has 1 atom stereocenters. The Morgan fingerprint density at radius 3 is 2.64 bits per heavy atom. The second-order valence-corrected chi connectivity index (χ2v) is 10.6. The van der Waals surface area contributed by atoms with Crippen LogP contribution in [0.5, 0.6) is 5.75 Å². The third kappa shape index (κ3) is 5.58. The highest BCUT2D eigenvalue weighted by atomic mass is 35.5. The van der Waals surface area contributed by atoms with Crippen molar-refractivity contribution in [3.05, 3.63) is 68.8 Å². The molecule has 0 aliphatic carbocycles. The van der Waals surface area contributed by atoms with Gasteiger partial charge in [-0.1, -0.05) is 36.0 Å². The molecule has 1 aromatic heterocycles. The molecule has 1 fully saturated rings. The summed E-state index contributed by atoms with van der Waals surface area (Å²) in [6.07, 6.45) is 1.86. The SMILES string of the molecule is CN(C)CC1Cn2cc(C(=O)NCc3ccc(Cl)cc3)c(=S)c3cc(CN4CCOCC4)cc(c32)O1. The van der Waals surface area contributed by atoms with E-state index in [1.54, 1.807) is 0 Å². The maximum atomic E-state index is 13.3. The summed E-state index contributed by atoms with van der Waals surface area (Å²) >= 11 is 11.9. The number of aromatic nitrogens is 1. The second kappa shape index (κ2) is 10.9. The smallest absolute Gasteiger partial charge is 0.254 e. The average Bonchev–Trinajstić information content (AvgIpc) is 2.85. The summed E-state index contributed by atoms with van der Waals surface area (Å²) in [6, 6.07) is 11.7. The first-order chi connectivity index (χ1) is 17.4. The van der Waals surface area contributed by atoms with Gasteiger partial charge in [0.2, 0.25) is 0 Å². The van der Waals surface area contributed by atoms with Crippen LogP contribution >= 0.6 is 23.8 Å². The molecule has 36 heavy (non-hydrogen) atoms. The first-order valence-corrected chi connectivity index (χ1v) is 13.0. The molecule has 3 heterocycles. The molecule has 1 N–H and O–H groups in total. The number of pyridine rings is 1. The van der Waals surface area contributed by atoms with E-state index in [1.165, 1.54) is 0 Å². The number of ether oxygens (including phenoxy) is 2. The predicted octanol–water partition coefficient (Wildman–Crippen LogP) is 4.11. The third-order valence-electron chi connectivity index (χ3n) is 6.58. The van der Waals surface area contributed by atoms with Gasteiger partial charge in [-0.05, 0) is 49.5 Å². The highest BCUT2D eigenvalue weighted by molar-refractivity contribution is 7.71. The van der Waals surface area contributed by atoms with E-state index in [1.807, 2.05) is 44.6 Å². The van der Waals surface area contributed by atoms with E-state index < -0.39 is 0 Å². The minimum Gasteiger partial charge on any atom is -0.485 e. The van der Waals surface area contributed by atoms with Gasteiger partial charge in [0.1, 0.15) is 11.9 Å². The predicted molar refractivity (Wildman–Crippen MR) is 144 cm³/mol. The number of nitrogens with one attached hydrogen (secondary N) is 1. The Labute approximate surface area is 221 Å². The normalized spacial score (nSPS) is 17.8. The van der Waals surface area contributed by atoms with Crippen LogP contribution in [0.4, 0.5) is 0 Å². The van der Waals surface area contributed by atoms with Crippen LogP contribution in [-0.4, -0.2) is 73.3 Å². The first kappa shape index (κ1) is 25.2. The zero-order valence-electron chi connectivity index (χ0n) is 20.6. The van der Waals surface area contributed by atoms with Crippen LogP contribution in [0.2, 0.25) is 5.02 Å². The van der Waals surface area contributed by atoms with E-state index in [4.69, 9.17) is 33.3 Å². The van der Waals surface area contributed by atoms with E-state index in [0.717, 1.165) is 67.2 Å². The van der Waals surface area contributed by atoms with Gasteiger partial charge >= 0.3 is 0 Å². The standard InChI is InChI=1S/C27H31ClN4O3S/c1-30(2)15-21-16-32-17-23(27(33)29-13-18-3-5-20(28)6-4-18)26(36)22-11-19(12-24(35-21)25(22)32)14-31-7-9-34-10-8-31/h3-6,11-12,17,21H,7-10,13-16H2,1-2H3,(H,29,33). The summed E-state index contributed by atoms with van der Waals surface area (Å²) in [5.74, 6) is 0.643. The largest absolute Gasteiger partial charge is 0.485 e. The summed E-state index contributed by atoms with van der Waals surface area (Å²) < 4.78 is 14.6. The molecule has 0 radical (unpaired) electrons. The zero-order valence-corrected chi connectivity index (χ0v) is 22.2. The van der Waals surface area contributed by atoms with Crippen LogP contribution < -0.4 is 10.1 Å². The number of carbonyl (C=O) groups excluding carboxylic acids is 1. The van der Waals surface area contributed by atoms with Crippen molar-refractivity contribution in [2.75, 3.05) is 46.9 Å². The van der Waals surface area contributed by atoms with Gasteiger partial charge in [0.05, 0.1) is 35.3 Å². The van der Waals surface area contributed by atoms with Crippen LogP contribution in [0.15, 0.2) is 42.6 Å². The molecule has 7 nitrogen and oxygen atoms in total. The van der Waals surface area contributed by atoms with Crippen molar-refractivity contribution >= 4 is 40.6 Å². The molecular weight excluding hydrogens is 496 g/mol. The molecule has 0 spiro atoms. The molecule has 0 saturated carbocycles. The Bertz CT molecular complexity index is 1320. The number of halogens is 1. The molecule has 1 unspecified atom stereocenters. The van der Waals surface area contributed by atoms with E-state index in [-0.39, 0.29) is 12.0 Å². The van der Waals surface area contributed by atoms with Gasteiger partial charge in [0, 0.05) is 49.3 Å². The van der Waals surface area contributed by atoms with Crippen LogP contribution in [0.25, 0.3) is 10.9 Å². The number of likely N-dealkylation sites (N-methyl/N-ethyl adjacent to an activating group) is 1. The molecule has 2 aromatic carbocycles. The van der Waals surface area contributed by atoms with Crippen LogP contribution in [0.3, 0.4) is 0 Å². The number of nitrogens with zero attached hydrogens (tertiary/aromatic N) is 3. The van der Waals surface area contributed by atoms with Crippen LogP contribution in [0.1, 0.15) is 21.5 Å². The number of hydrogen-bond acceptors (Lipinski definition) is 6. The topological polar surface area (TPSA) is 59.0 Å². The highest BCUT2D eigenvalue weighted by Crippen LogP contribution is 2.34. The van der Waals surface area contributed by atoms with Crippen molar-refractivity contribution in [2.45, 2.75) is 25.7 Å². The quantitative estimate of drug-likeness (QED) is 0.468. The molecule has 3 aromatic rings. The van der Waals surface area contributed by atoms with Crippen molar-refractivity contribution in [2.24, 2.45) is 0 Å². The van der Waals surface area contributed by atoms with Crippen molar-refractivity contribution in [1.29, 1.82) is 0 Å². The molecule has 1 amide bonds. The Morgan fingerprint density at radius 2 is 1.92 bits per heavy atom. The van der Waals surface area contributed by atoms with Gasteiger partial charge in [-0.25, -0.2) is 0 Å². The Balaban J connectivity index is 1.50. The third-order valence-corrected chi connectivity index (χ3v) is 7.27.